The Kier molecular flexibility index (Phi) is 3.79. The Morgan fingerprint density at radius 2 is 1.35 bits per heavy atom. The summed E-state index contributed by atoms with van der Waals surface area (Å²) in [4.78, 5) is 0. The number of quaternary nitrogens is 2. The van der Waals surface area contributed by atoms with Crippen LogP contribution < -0.4 is 14.9 Å². The van der Waals surface area contributed by atoms with Crippen molar-refractivity contribution in [3.63, 3.8) is 0 Å². The lowest BCUT2D eigenvalue weighted by molar-refractivity contribution is -0.759. The fourth-order valence-electron chi connectivity index (χ4n) is 1.87. The van der Waals surface area contributed by atoms with Gasteiger partial charge in [0.05, 0.1) is 26.8 Å². The molecule has 2 atom stereocenters. The zero-order valence-corrected chi connectivity index (χ0v) is 10.1. The molecule has 7 heteroatoms. The number of hydrogen-bond donors (Lipinski definition) is 4. The highest BCUT2D eigenvalue weighted by molar-refractivity contribution is 5.74. The minimum Gasteiger partial charge on any atom is -0.629 e. The smallest absolute Gasteiger partial charge is 0.225 e. The molecule has 1 rings (SSSR count). The Hall–Kier alpha value is -1.54. The van der Waals surface area contributed by atoms with E-state index in [1.807, 2.05) is 0 Å². The second-order valence-corrected chi connectivity index (χ2v) is 3.72. The van der Waals surface area contributed by atoms with Gasteiger partial charge in [-0.3, -0.25) is 0 Å². The second-order valence-electron chi connectivity index (χ2n) is 3.72. The Labute approximate surface area is 98.6 Å². The monoisotopic (exact) mass is 244 g/mol. The molecule has 2 unspecified atom stereocenters. The summed E-state index contributed by atoms with van der Waals surface area (Å²) in [6.07, 6.45) is 0. The Morgan fingerprint density at radius 3 is 1.59 bits per heavy atom. The predicted octanol–water partition coefficient (Wildman–Crippen LogP) is -1.30. The normalized spacial score (nSPS) is 14.5. The molecule has 96 valence electrons. The van der Waals surface area contributed by atoms with Gasteiger partial charge in [-0.2, -0.15) is 0 Å². The minimum atomic E-state index is -0.444. The third-order valence-corrected chi connectivity index (χ3v) is 2.56. The summed E-state index contributed by atoms with van der Waals surface area (Å²) < 4.78 is 4.81. The van der Waals surface area contributed by atoms with Gasteiger partial charge in [0.1, 0.15) is 0 Å². The number of methoxy groups -OCH3 is 1. The van der Waals surface area contributed by atoms with Gasteiger partial charge in [0.2, 0.25) is 17.2 Å². The molecule has 7 nitrogen and oxygen atoms in total. The highest BCUT2D eigenvalue weighted by Crippen LogP contribution is 2.46. The van der Waals surface area contributed by atoms with Gasteiger partial charge in [0.15, 0.2) is 11.4 Å². The summed E-state index contributed by atoms with van der Waals surface area (Å²) in [5.41, 5.74) is 0.232. The van der Waals surface area contributed by atoms with Gasteiger partial charge in [-0.1, -0.05) is 0 Å². The number of hydroxylamine groups is 2. The summed E-state index contributed by atoms with van der Waals surface area (Å²) >= 11 is 0. The first-order chi connectivity index (χ1) is 7.82. The van der Waals surface area contributed by atoms with E-state index in [1.165, 1.54) is 28.1 Å². The third kappa shape index (κ3) is 2.13. The van der Waals surface area contributed by atoms with Crippen molar-refractivity contribution in [2.24, 2.45) is 0 Å². The third-order valence-electron chi connectivity index (χ3n) is 2.56. The van der Waals surface area contributed by atoms with E-state index in [0.717, 1.165) is 0 Å². The Bertz CT molecular complexity index is 396. The molecule has 0 amide bonds. The molecule has 4 N–H and O–H groups in total. The molecule has 0 fully saturated rings. The molecule has 0 saturated carbocycles. The van der Waals surface area contributed by atoms with Crippen LogP contribution in [0.2, 0.25) is 0 Å². The highest BCUT2D eigenvalue weighted by Gasteiger charge is 2.28. The zero-order valence-electron chi connectivity index (χ0n) is 10.1. The fourth-order valence-corrected chi connectivity index (χ4v) is 1.87. The highest BCUT2D eigenvalue weighted by atomic mass is 16.5. The number of nitrogens with one attached hydrogen (secondary N) is 2. The summed E-state index contributed by atoms with van der Waals surface area (Å²) in [6, 6.07) is 0. The van der Waals surface area contributed by atoms with Crippen molar-refractivity contribution in [2.75, 3.05) is 21.2 Å². The molecular formula is C10H16N2O5. The molecule has 0 heterocycles. The summed E-state index contributed by atoms with van der Waals surface area (Å²) in [5.74, 6) is -1.15. The van der Waals surface area contributed by atoms with Crippen molar-refractivity contribution in [2.45, 2.75) is 6.92 Å². The first-order valence-corrected chi connectivity index (χ1v) is 4.97. The largest absolute Gasteiger partial charge is 0.629 e. The molecule has 0 spiro atoms. The van der Waals surface area contributed by atoms with Gasteiger partial charge in [-0.15, -0.1) is 0 Å². The summed E-state index contributed by atoms with van der Waals surface area (Å²) in [5, 5.41) is 41.7. The first-order valence-electron chi connectivity index (χ1n) is 4.97. The predicted molar refractivity (Wildman–Crippen MR) is 60.9 cm³/mol. The molecule has 0 aliphatic carbocycles. The van der Waals surface area contributed by atoms with E-state index in [-0.39, 0.29) is 22.7 Å². The van der Waals surface area contributed by atoms with Crippen LogP contribution in [0.5, 0.6) is 17.2 Å². The Balaban J connectivity index is 3.69. The van der Waals surface area contributed by atoms with Crippen LogP contribution in [0.3, 0.4) is 0 Å². The van der Waals surface area contributed by atoms with E-state index in [9.17, 15) is 20.6 Å². The van der Waals surface area contributed by atoms with Crippen LogP contribution in [0, 0.1) is 17.3 Å². The maximum Gasteiger partial charge on any atom is 0.225 e. The van der Waals surface area contributed by atoms with E-state index in [0.29, 0.717) is 0 Å². The van der Waals surface area contributed by atoms with Gasteiger partial charge in [0.25, 0.3) is 0 Å². The fraction of sp³-hybridized carbons (Fsp3) is 0.400. The van der Waals surface area contributed by atoms with Gasteiger partial charge in [0, 0.05) is 0 Å². The number of hydrogen-bond acceptors (Lipinski definition) is 5. The van der Waals surface area contributed by atoms with Gasteiger partial charge >= 0.3 is 0 Å². The van der Waals surface area contributed by atoms with Crippen LogP contribution in [0.15, 0.2) is 0 Å². The van der Waals surface area contributed by atoms with Crippen LogP contribution in [0.1, 0.15) is 5.56 Å². The first kappa shape index (κ1) is 13.5. The van der Waals surface area contributed by atoms with E-state index in [4.69, 9.17) is 4.74 Å². The maximum absolute atomic E-state index is 11.4. The molecule has 0 aliphatic heterocycles. The van der Waals surface area contributed by atoms with E-state index >= 15 is 0 Å². The van der Waals surface area contributed by atoms with Crippen LogP contribution in [-0.2, 0) is 0 Å². The Morgan fingerprint density at radius 1 is 1.00 bits per heavy atom. The zero-order chi connectivity index (χ0) is 13.3. The van der Waals surface area contributed by atoms with Gasteiger partial charge in [-0.05, 0) is 6.92 Å². The van der Waals surface area contributed by atoms with Crippen molar-refractivity contribution >= 4 is 11.4 Å². The molecule has 0 radical (unpaired) electrons. The van der Waals surface area contributed by atoms with E-state index in [2.05, 4.69) is 0 Å². The number of benzene rings is 1. The number of phenolic OH excluding ortho intramolecular Hbond substituents is 2. The lowest BCUT2D eigenvalue weighted by Crippen LogP contribution is -3.00. The minimum absolute atomic E-state index is 0.00940. The average molecular weight is 244 g/mol. The van der Waals surface area contributed by atoms with Crippen molar-refractivity contribution in [3.05, 3.63) is 16.0 Å². The molecule has 1 aromatic rings. The standard InChI is InChI=1S/C10H16N2O5/c1-5-6(11(2)15)8(13)10(17-4)9(14)7(5)12(3)16/h11-14H,1-4H3. The van der Waals surface area contributed by atoms with Crippen molar-refractivity contribution in [3.8, 4) is 17.2 Å². The van der Waals surface area contributed by atoms with Crippen LogP contribution in [0.4, 0.5) is 11.4 Å². The van der Waals surface area contributed by atoms with Gasteiger partial charge in [-0.25, -0.2) is 0 Å². The number of rotatable bonds is 3. The topological polar surface area (TPSA) is 105 Å². The maximum atomic E-state index is 11.4. The van der Waals surface area contributed by atoms with Crippen molar-refractivity contribution in [1.82, 2.24) is 0 Å². The number of phenols is 2. The molecule has 0 aromatic heterocycles. The molecule has 0 bridgehead atoms. The molecule has 17 heavy (non-hydrogen) atoms. The van der Waals surface area contributed by atoms with Gasteiger partial charge < -0.3 is 35.5 Å². The number of ether oxygens (including phenoxy) is 1. The van der Waals surface area contributed by atoms with Crippen LogP contribution in [-0.4, -0.2) is 31.4 Å². The molecule has 0 saturated heterocycles. The van der Waals surface area contributed by atoms with E-state index < -0.39 is 21.6 Å². The molecular weight excluding hydrogens is 228 g/mol. The van der Waals surface area contributed by atoms with Crippen LogP contribution in [0.25, 0.3) is 0 Å². The van der Waals surface area contributed by atoms with E-state index in [1.54, 1.807) is 0 Å². The average Bonchev–Trinajstić information content (AvgIpc) is 2.16. The van der Waals surface area contributed by atoms with Crippen LogP contribution >= 0.6 is 0 Å². The summed E-state index contributed by atoms with van der Waals surface area (Å²) in [6.45, 7) is 1.49. The van der Waals surface area contributed by atoms with Crippen molar-refractivity contribution in [1.29, 1.82) is 0 Å². The van der Waals surface area contributed by atoms with Crippen molar-refractivity contribution < 1.29 is 25.1 Å². The summed E-state index contributed by atoms with van der Waals surface area (Å²) in [7, 11) is 3.77. The number of aromatic hydroxyl groups is 2. The molecule has 1 aromatic carbocycles. The second kappa shape index (κ2) is 4.76. The lowest BCUT2D eigenvalue weighted by Gasteiger charge is -2.25. The quantitative estimate of drug-likeness (QED) is 0.300. The SMILES string of the molecule is COc1c(O)c([NH+](C)[O-])c(C)c([NH+](C)[O-])c1O. The molecule has 0 aliphatic rings. The lowest BCUT2D eigenvalue weighted by atomic mass is 10.1.